The molecule has 0 aromatic carbocycles. The van der Waals surface area contributed by atoms with Crippen molar-refractivity contribution >= 4 is 23.1 Å². The van der Waals surface area contributed by atoms with E-state index in [0.29, 0.717) is 0 Å². The SMILES string of the molecule is [Mg+2].[O]=[Mo](=[O])([OH])[OH].[O]=[W](=[O])([O-])[O-]. The average Bonchev–Trinajstić information content (AvgIpc) is 1.12. The first-order chi connectivity index (χ1) is 4.00. The zero-order chi connectivity index (χ0) is 9.00. The molecule has 0 fully saturated rings. The molecule has 64 valence electrons. The van der Waals surface area contributed by atoms with Crippen molar-refractivity contribution in [1.82, 2.24) is 0 Å². The van der Waals surface area contributed by atoms with Gasteiger partial charge in [-0.15, -0.1) is 0 Å². The summed E-state index contributed by atoms with van der Waals surface area (Å²) in [5, 5.41) is 0. The Labute approximate surface area is 84.4 Å². The summed E-state index contributed by atoms with van der Waals surface area (Å²) in [7, 11) is 0. The summed E-state index contributed by atoms with van der Waals surface area (Å²) < 4.78 is 66.6. The van der Waals surface area contributed by atoms with Crippen molar-refractivity contribution in [3.8, 4) is 0 Å². The van der Waals surface area contributed by atoms with Gasteiger partial charge < -0.3 is 0 Å². The molecule has 0 aliphatic carbocycles. The van der Waals surface area contributed by atoms with Gasteiger partial charge in [0.05, 0.1) is 0 Å². The standard InChI is InChI=1S/Mg.Mo.2H2O.6O.W/h;;2*1H2;;;;;;;/q2*+2;;;;;;;2*-1;/p-2. The minimum absolute atomic E-state index is 0. The van der Waals surface area contributed by atoms with Crippen LogP contribution in [0.5, 0.6) is 0 Å². The molecule has 0 unspecified atom stereocenters. The van der Waals surface area contributed by atoms with Gasteiger partial charge in [0.2, 0.25) is 0 Å². The number of hydrogen-bond donors (Lipinski definition) is 2. The Balaban J connectivity index is -0.000000107. The van der Waals surface area contributed by atoms with Gasteiger partial charge in [0.15, 0.2) is 0 Å². The summed E-state index contributed by atoms with van der Waals surface area (Å²) in [6.45, 7) is 0. The van der Waals surface area contributed by atoms with Crippen molar-refractivity contribution in [2.75, 3.05) is 0 Å². The molecular formula is H2MgMoO8W. The number of hydrogen-bond acceptors (Lipinski definition) is 6. The fourth-order valence-electron chi connectivity index (χ4n) is 0. The molecule has 0 bridgehead atoms. The van der Waals surface area contributed by atoms with Gasteiger partial charge >= 0.3 is 85.2 Å². The molecular weight excluding hydrogens is 432 g/mol. The second-order valence-corrected chi connectivity index (χ2v) is 5.99. The van der Waals surface area contributed by atoms with Crippen molar-refractivity contribution in [3.05, 3.63) is 0 Å². The van der Waals surface area contributed by atoms with Crippen molar-refractivity contribution in [2.45, 2.75) is 0 Å². The molecule has 8 nitrogen and oxygen atoms in total. The Morgan fingerprint density at radius 3 is 1.09 bits per heavy atom. The van der Waals surface area contributed by atoms with Crippen LogP contribution in [0, 0.1) is 0 Å². The molecule has 0 saturated carbocycles. The Morgan fingerprint density at radius 1 is 1.09 bits per heavy atom. The Morgan fingerprint density at radius 2 is 1.09 bits per heavy atom. The van der Waals surface area contributed by atoms with E-state index in [1.807, 2.05) is 0 Å². The van der Waals surface area contributed by atoms with Gasteiger partial charge in [-0.1, -0.05) is 0 Å². The topological polar surface area (TPSA) is 155 Å². The molecule has 0 rings (SSSR count). The van der Waals surface area contributed by atoms with Crippen LogP contribution in [0.2, 0.25) is 0 Å². The van der Waals surface area contributed by atoms with E-state index in [-0.39, 0.29) is 23.1 Å². The maximum absolute atomic E-state index is 8.85. The Kier molecular flexibility index (Phi) is 11.0. The first kappa shape index (κ1) is 18.1. The monoisotopic (exact) mass is 436 g/mol. The van der Waals surface area contributed by atoms with Crippen LogP contribution in [0.1, 0.15) is 0 Å². The summed E-state index contributed by atoms with van der Waals surface area (Å²) in [5.74, 6) is 0. The predicted molar refractivity (Wildman–Crippen MR) is 12.9 cm³/mol. The number of rotatable bonds is 0. The van der Waals surface area contributed by atoms with Gasteiger partial charge in [-0.3, -0.25) is 0 Å². The van der Waals surface area contributed by atoms with Crippen LogP contribution in [0.25, 0.3) is 0 Å². The second kappa shape index (κ2) is 6.67. The van der Waals surface area contributed by atoms with Crippen LogP contribution in [-0.4, -0.2) is 30.6 Å². The Bertz CT molecular complexity index is 210. The molecule has 0 atom stereocenters. The molecule has 0 aromatic rings. The van der Waals surface area contributed by atoms with Crippen molar-refractivity contribution < 1.29 is 62.1 Å². The van der Waals surface area contributed by atoms with Crippen LogP contribution >= 0.6 is 0 Å². The molecule has 11 heteroatoms. The molecule has 2 N–H and O–H groups in total. The molecule has 0 amide bonds. The summed E-state index contributed by atoms with van der Waals surface area (Å²) in [6, 6.07) is 0. The van der Waals surface area contributed by atoms with Gasteiger partial charge in [0.1, 0.15) is 0 Å². The third-order valence-corrected chi connectivity index (χ3v) is 0. The fourth-order valence-corrected chi connectivity index (χ4v) is 0. The molecule has 0 saturated heterocycles. The van der Waals surface area contributed by atoms with Gasteiger partial charge in [-0.2, -0.15) is 0 Å². The zero-order valence-corrected chi connectivity index (χ0v) is 11.2. The summed E-state index contributed by atoms with van der Waals surface area (Å²) in [5.41, 5.74) is 0. The maximum atomic E-state index is 8.85. The van der Waals surface area contributed by atoms with E-state index < -0.39 is 33.5 Å². The molecule has 0 aromatic heterocycles. The van der Waals surface area contributed by atoms with Gasteiger partial charge in [0.25, 0.3) is 0 Å². The quantitative estimate of drug-likeness (QED) is 0.363. The van der Waals surface area contributed by atoms with E-state index in [1.54, 1.807) is 0 Å². The van der Waals surface area contributed by atoms with Gasteiger partial charge in [0, 0.05) is 0 Å². The summed E-state index contributed by atoms with van der Waals surface area (Å²) in [6.07, 6.45) is 0. The van der Waals surface area contributed by atoms with Crippen LogP contribution in [-0.2, 0) is 47.1 Å². The van der Waals surface area contributed by atoms with E-state index >= 15 is 0 Å². The van der Waals surface area contributed by atoms with Gasteiger partial charge in [-0.25, -0.2) is 0 Å². The van der Waals surface area contributed by atoms with Crippen LogP contribution in [0.4, 0.5) is 0 Å². The van der Waals surface area contributed by atoms with Gasteiger partial charge in [-0.05, 0) is 0 Å². The normalized spacial score (nSPS) is 10.5. The Hall–Kier alpha value is 1.18. The second-order valence-electron chi connectivity index (χ2n) is 0.856. The van der Waals surface area contributed by atoms with Crippen LogP contribution < -0.4 is 7.52 Å². The van der Waals surface area contributed by atoms with Crippen molar-refractivity contribution in [1.29, 1.82) is 0 Å². The molecule has 0 heterocycles. The molecule has 0 radical (unpaired) electrons. The van der Waals surface area contributed by atoms with E-state index in [9.17, 15) is 0 Å². The summed E-state index contributed by atoms with van der Waals surface area (Å²) >= 11 is -11.7. The first-order valence-electron chi connectivity index (χ1n) is 1.37. The van der Waals surface area contributed by atoms with E-state index in [2.05, 4.69) is 0 Å². The van der Waals surface area contributed by atoms with Crippen molar-refractivity contribution in [2.24, 2.45) is 0 Å². The van der Waals surface area contributed by atoms with E-state index in [4.69, 9.17) is 28.6 Å². The fraction of sp³-hybridized carbons (Fsp3) is 0. The predicted octanol–water partition coefficient (Wildman–Crippen LogP) is -4.35. The van der Waals surface area contributed by atoms with Crippen molar-refractivity contribution in [3.63, 3.8) is 0 Å². The van der Waals surface area contributed by atoms with Crippen LogP contribution in [0.15, 0.2) is 0 Å². The average molecular weight is 434 g/mol. The van der Waals surface area contributed by atoms with E-state index in [0.717, 1.165) is 0 Å². The van der Waals surface area contributed by atoms with E-state index in [1.165, 1.54) is 0 Å². The first-order valence-corrected chi connectivity index (χ1v) is 9.59. The molecule has 0 aliphatic heterocycles. The molecule has 0 aliphatic rings. The third-order valence-electron chi connectivity index (χ3n) is 0. The summed E-state index contributed by atoms with van der Waals surface area (Å²) in [4.78, 5) is 0. The molecule has 0 spiro atoms. The third kappa shape index (κ3) is 674. The zero-order valence-electron chi connectivity index (χ0n) is 4.87. The van der Waals surface area contributed by atoms with Crippen LogP contribution in [0.3, 0.4) is 0 Å². The minimum atomic E-state index is -6.17. The molecule has 11 heavy (non-hydrogen) atoms.